The molecule has 1 aliphatic rings. The van der Waals surface area contributed by atoms with Crippen molar-refractivity contribution in [1.29, 1.82) is 0 Å². The molecule has 0 bridgehead atoms. The van der Waals surface area contributed by atoms with Crippen molar-refractivity contribution in [2.75, 3.05) is 11.9 Å². The lowest BCUT2D eigenvalue weighted by Gasteiger charge is -2.21. The zero-order valence-corrected chi connectivity index (χ0v) is 19.1. The SMILES string of the molecule is CC(C)(C(=O)O)c1ccc(Cl)c(NC(=O)c2ccc(OC[C@@H]3Cc4ccccc4O3)cc2)c1. The Balaban J connectivity index is 1.37. The largest absolute Gasteiger partial charge is 0.490 e. The molecule has 7 heteroatoms. The summed E-state index contributed by atoms with van der Waals surface area (Å²) in [4.78, 5) is 24.3. The molecule has 0 aliphatic carbocycles. The Morgan fingerprint density at radius 2 is 1.85 bits per heavy atom. The highest BCUT2D eigenvalue weighted by atomic mass is 35.5. The maximum Gasteiger partial charge on any atom is 0.313 e. The Labute approximate surface area is 197 Å². The van der Waals surface area contributed by atoms with Gasteiger partial charge in [-0.3, -0.25) is 9.59 Å². The maximum atomic E-state index is 12.7. The van der Waals surface area contributed by atoms with Gasteiger partial charge in [0.15, 0.2) is 0 Å². The quantitative estimate of drug-likeness (QED) is 0.492. The van der Waals surface area contributed by atoms with Gasteiger partial charge in [-0.05, 0) is 67.4 Å². The van der Waals surface area contributed by atoms with Gasteiger partial charge in [0.25, 0.3) is 5.91 Å². The first-order valence-corrected chi connectivity index (χ1v) is 10.9. The van der Waals surface area contributed by atoms with E-state index in [1.54, 1.807) is 56.3 Å². The summed E-state index contributed by atoms with van der Waals surface area (Å²) in [6.07, 6.45) is 0.754. The molecule has 0 saturated carbocycles. The van der Waals surface area contributed by atoms with Gasteiger partial charge in [0, 0.05) is 12.0 Å². The third-order valence-electron chi connectivity index (χ3n) is 5.74. The van der Waals surface area contributed by atoms with E-state index >= 15 is 0 Å². The summed E-state index contributed by atoms with van der Waals surface area (Å²) < 4.78 is 11.7. The van der Waals surface area contributed by atoms with Gasteiger partial charge in [-0.1, -0.05) is 35.9 Å². The van der Waals surface area contributed by atoms with Crippen molar-refractivity contribution in [1.82, 2.24) is 0 Å². The zero-order chi connectivity index (χ0) is 23.6. The summed E-state index contributed by atoms with van der Waals surface area (Å²) in [5, 5.41) is 12.5. The van der Waals surface area contributed by atoms with E-state index in [0.717, 1.165) is 12.2 Å². The number of rotatable bonds is 7. The van der Waals surface area contributed by atoms with Crippen molar-refractivity contribution in [2.24, 2.45) is 0 Å². The van der Waals surface area contributed by atoms with E-state index in [1.165, 1.54) is 5.56 Å². The first-order valence-electron chi connectivity index (χ1n) is 10.6. The van der Waals surface area contributed by atoms with Crippen LogP contribution < -0.4 is 14.8 Å². The van der Waals surface area contributed by atoms with Crippen LogP contribution in [0.5, 0.6) is 11.5 Å². The lowest BCUT2D eigenvalue weighted by Crippen LogP contribution is -2.28. The van der Waals surface area contributed by atoms with E-state index in [-0.39, 0.29) is 12.0 Å². The smallest absolute Gasteiger partial charge is 0.313 e. The van der Waals surface area contributed by atoms with Gasteiger partial charge in [0.05, 0.1) is 16.1 Å². The number of carboxylic acid groups (broad SMARTS) is 1. The minimum atomic E-state index is -1.12. The number of carboxylic acids is 1. The third kappa shape index (κ3) is 4.96. The van der Waals surface area contributed by atoms with Crippen molar-refractivity contribution in [2.45, 2.75) is 31.8 Å². The van der Waals surface area contributed by atoms with E-state index in [2.05, 4.69) is 5.32 Å². The zero-order valence-electron chi connectivity index (χ0n) is 18.3. The molecule has 3 aromatic carbocycles. The fraction of sp³-hybridized carbons (Fsp3) is 0.231. The lowest BCUT2D eigenvalue weighted by atomic mass is 9.84. The molecule has 2 N–H and O–H groups in total. The number of carbonyl (C=O) groups is 2. The first kappa shape index (κ1) is 22.7. The fourth-order valence-electron chi connectivity index (χ4n) is 3.57. The highest BCUT2D eigenvalue weighted by Gasteiger charge is 2.30. The Hall–Kier alpha value is -3.51. The number of aliphatic carboxylic acids is 1. The highest BCUT2D eigenvalue weighted by molar-refractivity contribution is 6.34. The van der Waals surface area contributed by atoms with Crippen molar-refractivity contribution in [3.63, 3.8) is 0 Å². The number of para-hydroxylation sites is 1. The van der Waals surface area contributed by atoms with Crippen molar-refractivity contribution in [3.05, 3.63) is 88.4 Å². The first-order chi connectivity index (χ1) is 15.7. The van der Waals surface area contributed by atoms with Gasteiger partial charge in [-0.2, -0.15) is 0 Å². The van der Waals surface area contributed by atoms with Crippen LogP contribution in [0.1, 0.15) is 35.3 Å². The Kier molecular flexibility index (Phi) is 6.29. The summed E-state index contributed by atoms with van der Waals surface area (Å²) in [5.41, 5.74) is 1.37. The monoisotopic (exact) mass is 465 g/mol. The Bertz CT molecular complexity index is 1160. The molecule has 1 atom stereocenters. The molecule has 1 aliphatic heterocycles. The van der Waals surface area contributed by atoms with Gasteiger partial charge >= 0.3 is 5.97 Å². The molecule has 0 saturated heterocycles. The number of amides is 1. The Morgan fingerprint density at radius 1 is 1.12 bits per heavy atom. The summed E-state index contributed by atoms with van der Waals surface area (Å²) in [7, 11) is 0. The van der Waals surface area contributed by atoms with Crippen LogP contribution in [0.25, 0.3) is 0 Å². The van der Waals surface area contributed by atoms with Crippen LogP contribution >= 0.6 is 11.6 Å². The number of ether oxygens (including phenoxy) is 2. The number of fused-ring (bicyclic) bond motifs is 1. The minimum Gasteiger partial charge on any atom is -0.490 e. The van der Waals surface area contributed by atoms with E-state index in [0.29, 0.717) is 34.2 Å². The molecule has 1 heterocycles. The van der Waals surface area contributed by atoms with Crippen molar-refractivity contribution < 1.29 is 24.2 Å². The molecule has 3 aromatic rings. The van der Waals surface area contributed by atoms with Crippen LogP contribution in [0.3, 0.4) is 0 Å². The van der Waals surface area contributed by atoms with Crippen LogP contribution in [0.2, 0.25) is 5.02 Å². The number of halogens is 1. The molecule has 170 valence electrons. The number of hydrogen-bond acceptors (Lipinski definition) is 4. The molecule has 1 amide bonds. The topological polar surface area (TPSA) is 84.9 Å². The molecule has 0 radical (unpaired) electrons. The average molecular weight is 466 g/mol. The van der Waals surface area contributed by atoms with Gasteiger partial charge in [0.1, 0.15) is 24.2 Å². The predicted molar refractivity (Wildman–Crippen MR) is 127 cm³/mol. The predicted octanol–water partition coefficient (Wildman–Crippen LogP) is 5.34. The number of anilines is 1. The van der Waals surface area contributed by atoms with Gasteiger partial charge < -0.3 is 19.9 Å². The van der Waals surface area contributed by atoms with Crippen LogP contribution in [0, 0.1) is 0 Å². The molecular formula is C26H24ClNO5. The standard InChI is InChI=1S/C26H24ClNO5/c1-26(2,25(30)31)18-9-12-21(27)22(14-18)28-24(29)16-7-10-19(11-8-16)32-15-20-13-17-5-3-4-6-23(17)33-20/h3-12,14,20H,13,15H2,1-2H3,(H,28,29)(H,30,31)/t20-/m0/s1. The average Bonchev–Trinajstić information content (AvgIpc) is 3.22. The van der Waals surface area contributed by atoms with Crippen LogP contribution in [-0.2, 0) is 16.6 Å². The van der Waals surface area contributed by atoms with Gasteiger partial charge in [-0.15, -0.1) is 0 Å². The number of hydrogen-bond donors (Lipinski definition) is 2. The van der Waals surface area contributed by atoms with Crippen LogP contribution in [0.4, 0.5) is 5.69 Å². The Morgan fingerprint density at radius 3 is 2.55 bits per heavy atom. The van der Waals surface area contributed by atoms with Crippen LogP contribution in [0.15, 0.2) is 66.7 Å². The fourth-order valence-corrected chi connectivity index (χ4v) is 3.73. The van der Waals surface area contributed by atoms with Crippen molar-refractivity contribution >= 4 is 29.2 Å². The highest BCUT2D eigenvalue weighted by Crippen LogP contribution is 2.31. The second-order valence-electron chi connectivity index (χ2n) is 8.47. The molecule has 0 aromatic heterocycles. The summed E-state index contributed by atoms with van der Waals surface area (Å²) >= 11 is 6.23. The molecule has 6 nitrogen and oxygen atoms in total. The van der Waals surface area contributed by atoms with Crippen LogP contribution in [-0.4, -0.2) is 29.7 Å². The summed E-state index contributed by atoms with van der Waals surface area (Å²) in [6.45, 7) is 3.60. The molecule has 4 rings (SSSR count). The van der Waals surface area contributed by atoms with Crippen molar-refractivity contribution in [3.8, 4) is 11.5 Å². The number of benzene rings is 3. The second kappa shape index (κ2) is 9.16. The van der Waals surface area contributed by atoms with E-state index in [4.69, 9.17) is 21.1 Å². The van der Waals surface area contributed by atoms with Gasteiger partial charge in [0.2, 0.25) is 0 Å². The normalized spacial score (nSPS) is 14.8. The van der Waals surface area contributed by atoms with Gasteiger partial charge in [-0.25, -0.2) is 0 Å². The number of nitrogens with one attached hydrogen (secondary N) is 1. The molecule has 0 unspecified atom stereocenters. The lowest BCUT2D eigenvalue weighted by molar-refractivity contribution is -0.142. The van der Waals surface area contributed by atoms with E-state index in [1.807, 2.05) is 24.3 Å². The molecule has 0 fully saturated rings. The summed E-state index contributed by atoms with van der Waals surface area (Å²) in [5.74, 6) is 0.204. The minimum absolute atomic E-state index is 0.0464. The maximum absolute atomic E-state index is 12.7. The van der Waals surface area contributed by atoms with E-state index in [9.17, 15) is 14.7 Å². The molecular weight excluding hydrogens is 442 g/mol. The molecule has 0 spiro atoms. The second-order valence-corrected chi connectivity index (χ2v) is 8.87. The molecule has 33 heavy (non-hydrogen) atoms. The number of carbonyl (C=O) groups excluding carboxylic acids is 1. The third-order valence-corrected chi connectivity index (χ3v) is 6.07. The summed E-state index contributed by atoms with van der Waals surface area (Å²) in [6, 6.07) is 19.5. The van der Waals surface area contributed by atoms with E-state index < -0.39 is 11.4 Å².